The molecule has 0 unspecified atom stereocenters. The summed E-state index contributed by atoms with van der Waals surface area (Å²) in [5.41, 5.74) is 13.4. The van der Waals surface area contributed by atoms with Crippen LogP contribution in [0.3, 0.4) is 0 Å². The second kappa shape index (κ2) is 19.2. The van der Waals surface area contributed by atoms with Crippen LogP contribution in [0.5, 0.6) is 0 Å². The minimum Gasteiger partial charge on any atom is -0.480 e. The summed E-state index contributed by atoms with van der Waals surface area (Å²) in [7, 11) is 0. The third-order valence-electron chi connectivity index (χ3n) is 8.02. The van der Waals surface area contributed by atoms with Gasteiger partial charge in [-0.25, -0.2) is 4.79 Å². The Labute approximate surface area is 304 Å². The van der Waals surface area contributed by atoms with Crippen LogP contribution in [0, 0.1) is 0 Å². The number of aliphatic hydroxyl groups is 1. The fourth-order valence-electron chi connectivity index (χ4n) is 5.16. The number of para-hydroxylation sites is 1. The Morgan fingerprint density at radius 2 is 1.35 bits per heavy atom. The second-order valence-electron chi connectivity index (χ2n) is 12.2. The van der Waals surface area contributed by atoms with E-state index in [9.17, 15) is 43.8 Å². The van der Waals surface area contributed by atoms with Crippen LogP contribution in [0.2, 0.25) is 0 Å². The van der Waals surface area contributed by atoms with Gasteiger partial charge in [-0.2, -0.15) is 12.6 Å². The molecule has 3 rings (SSSR count). The van der Waals surface area contributed by atoms with Crippen molar-refractivity contribution in [2.45, 2.75) is 75.5 Å². The average molecular weight is 741 g/mol. The fraction of sp³-hybridized carbons (Fsp3) is 0.382. The molecular formula is C34H44N8O9S. The van der Waals surface area contributed by atoms with Crippen molar-refractivity contribution in [3.63, 3.8) is 0 Å². The Morgan fingerprint density at radius 1 is 0.750 bits per heavy atom. The molecule has 280 valence electrons. The molecule has 52 heavy (non-hydrogen) atoms. The minimum atomic E-state index is -1.62. The average Bonchev–Trinajstić information content (AvgIpc) is 3.51. The van der Waals surface area contributed by atoms with Crippen molar-refractivity contribution in [1.82, 2.24) is 31.6 Å². The number of fused-ring (bicyclic) bond motifs is 1. The first-order chi connectivity index (χ1) is 24.6. The van der Waals surface area contributed by atoms with E-state index in [2.05, 4.69) is 44.2 Å². The van der Waals surface area contributed by atoms with Crippen LogP contribution in [0.15, 0.2) is 60.8 Å². The van der Waals surface area contributed by atoms with Crippen LogP contribution >= 0.6 is 12.6 Å². The number of amides is 6. The zero-order valence-electron chi connectivity index (χ0n) is 28.5. The van der Waals surface area contributed by atoms with E-state index in [1.807, 2.05) is 0 Å². The lowest BCUT2D eigenvalue weighted by Gasteiger charge is -2.26. The maximum absolute atomic E-state index is 13.2. The number of aliphatic carboxylic acids is 1. The molecule has 0 radical (unpaired) electrons. The lowest BCUT2D eigenvalue weighted by atomic mass is 10.0. The van der Waals surface area contributed by atoms with Crippen LogP contribution in [0.25, 0.3) is 10.9 Å². The normalized spacial score (nSPS) is 15.1. The van der Waals surface area contributed by atoms with Gasteiger partial charge in [-0.05, 0) is 37.5 Å². The van der Waals surface area contributed by atoms with Crippen molar-refractivity contribution in [1.29, 1.82) is 0 Å². The minimum absolute atomic E-state index is 0.124. The molecule has 7 atom stereocenters. The number of thiol groups is 1. The summed E-state index contributed by atoms with van der Waals surface area (Å²) in [5, 5.41) is 32.6. The number of rotatable bonds is 19. The van der Waals surface area contributed by atoms with Gasteiger partial charge in [0.25, 0.3) is 0 Å². The van der Waals surface area contributed by atoms with E-state index in [4.69, 9.17) is 11.5 Å². The third kappa shape index (κ3) is 11.8. The van der Waals surface area contributed by atoms with Crippen LogP contribution in [0.4, 0.5) is 0 Å². The number of H-pyrrole nitrogens is 1. The molecule has 0 aliphatic rings. The zero-order valence-corrected chi connectivity index (χ0v) is 29.4. The first-order valence-electron chi connectivity index (χ1n) is 16.3. The van der Waals surface area contributed by atoms with Gasteiger partial charge in [0.2, 0.25) is 35.4 Å². The molecule has 1 aromatic heterocycles. The number of carbonyl (C=O) groups is 7. The molecule has 0 aliphatic carbocycles. The first kappa shape index (κ1) is 41.0. The van der Waals surface area contributed by atoms with Gasteiger partial charge in [-0.1, -0.05) is 48.5 Å². The molecule has 0 bridgehead atoms. The van der Waals surface area contributed by atoms with Gasteiger partial charge in [0.1, 0.15) is 30.2 Å². The molecule has 1 heterocycles. The largest absolute Gasteiger partial charge is 0.480 e. The van der Waals surface area contributed by atoms with E-state index < -0.39 is 90.2 Å². The number of aromatic nitrogens is 1. The van der Waals surface area contributed by atoms with Gasteiger partial charge in [0, 0.05) is 29.3 Å². The van der Waals surface area contributed by atoms with E-state index in [1.54, 1.807) is 60.8 Å². The van der Waals surface area contributed by atoms with Crippen LogP contribution in [-0.2, 0) is 46.4 Å². The standard InChI is InChI=1S/C34H44N8O9S/c1-17(38-33(49)28(18(2)43)42-30(46)22(35)12-19-8-4-3-5-9-19)29(45)41-26(16-52)32(48)39-24(14-27(36)44)31(47)40-25(34(50)51)13-20-15-37-23-11-7-6-10-21(20)23/h3-11,15,17-18,22,24-26,28,37,43,52H,12-14,16,35H2,1-2H3,(H2,36,44)(H,38,49)(H,39,48)(H,40,47)(H,41,45)(H,42,46)(H,50,51)/t17-,18+,22-,24-,25-,26-,28-/m0/s1. The molecule has 17 nitrogen and oxygen atoms in total. The number of primary amides is 1. The van der Waals surface area contributed by atoms with Gasteiger partial charge < -0.3 is 53.2 Å². The van der Waals surface area contributed by atoms with E-state index in [0.29, 0.717) is 5.56 Å². The molecule has 3 aromatic rings. The highest BCUT2D eigenvalue weighted by molar-refractivity contribution is 7.80. The number of carboxylic acids is 1. The van der Waals surface area contributed by atoms with E-state index in [0.717, 1.165) is 16.5 Å². The van der Waals surface area contributed by atoms with Crippen LogP contribution in [0.1, 0.15) is 31.4 Å². The van der Waals surface area contributed by atoms with Crippen molar-refractivity contribution in [2.24, 2.45) is 11.5 Å². The number of aromatic amines is 1. The topological polar surface area (TPSA) is 288 Å². The number of nitrogens with two attached hydrogens (primary N) is 2. The lowest BCUT2D eigenvalue weighted by Crippen LogP contribution is -2.60. The van der Waals surface area contributed by atoms with Gasteiger partial charge in [0.05, 0.1) is 18.6 Å². The van der Waals surface area contributed by atoms with Crippen molar-refractivity contribution in [3.05, 3.63) is 71.9 Å². The molecule has 2 aromatic carbocycles. The van der Waals surface area contributed by atoms with E-state index in [1.165, 1.54) is 13.8 Å². The van der Waals surface area contributed by atoms with Crippen molar-refractivity contribution < 1.29 is 43.8 Å². The van der Waals surface area contributed by atoms with E-state index >= 15 is 0 Å². The number of carboxylic acid groups (broad SMARTS) is 1. The summed E-state index contributed by atoms with van der Waals surface area (Å²) in [5.74, 6) is -7.13. The third-order valence-corrected chi connectivity index (χ3v) is 8.38. The Hall–Kier alpha value is -5.46. The SMILES string of the molecule is C[C@H](NC(=O)[C@@H](NC(=O)[C@@H](N)Cc1ccccc1)[C@@H](C)O)C(=O)N[C@@H](CS)C(=O)N[C@@H](CC(N)=O)C(=O)N[C@@H](Cc1c[nH]c2ccccc12)C(=O)O. The van der Waals surface area contributed by atoms with Crippen molar-refractivity contribution >= 4 is 64.9 Å². The van der Waals surface area contributed by atoms with Crippen LogP contribution < -0.4 is 38.1 Å². The molecule has 18 heteroatoms. The molecular weight excluding hydrogens is 696 g/mol. The number of aliphatic hydroxyl groups excluding tert-OH is 1. The second-order valence-corrected chi connectivity index (χ2v) is 12.6. The fourth-order valence-corrected chi connectivity index (χ4v) is 5.42. The van der Waals surface area contributed by atoms with Gasteiger partial charge in [-0.15, -0.1) is 0 Å². The van der Waals surface area contributed by atoms with Gasteiger partial charge in [0.15, 0.2) is 0 Å². The Bertz CT molecular complexity index is 1750. The summed E-state index contributed by atoms with van der Waals surface area (Å²) >= 11 is 4.10. The Kier molecular flexibility index (Phi) is 15.2. The molecule has 0 saturated heterocycles. The lowest BCUT2D eigenvalue weighted by molar-refractivity contribution is -0.142. The van der Waals surface area contributed by atoms with Crippen molar-refractivity contribution in [2.75, 3.05) is 5.75 Å². The van der Waals surface area contributed by atoms with Crippen LogP contribution in [-0.4, -0.2) is 105 Å². The predicted molar refractivity (Wildman–Crippen MR) is 192 cm³/mol. The molecule has 6 amide bonds. The highest BCUT2D eigenvalue weighted by atomic mass is 32.1. The molecule has 0 aliphatic heterocycles. The molecule has 12 N–H and O–H groups in total. The maximum atomic E-state index is 13.2. The maximum Gasteiger partial charge on any atom is 0.326 e. The van der Waals surface area contributed by atoms with E-state index in [-0.39, 0.29) is 18.6 Å². The summed E-state index contributed by atoms with van der Waals surface area (Å²) in [6, 6.07) is 7.79. The number of carbonyl (C=O) groups excluding carboxylic acids is 6. The first-order valence-corrected chi connectivity index (χ1v) is 16.9. The number of benzene rings is 2. The number of hydrogen-bond acceptors (Lipinski definition) is 10. The highest BCUT2D eigenvalue weighted by Gasteiger charge is 2.33. The molecule has 0 saturated carbocycles. The Balaban J connectivity index is 1.61. The highest BCUT2D eigenvalue weighted by Crippen LogP contribution is 2.19. The predicted octanol–water partition coefficient (Wildman–Crippen LogP) is -2.01. The number of nitrogens with one attached hydrogen (secondary N) is 6. The molecule has 0 spiro atoms. The number of hydrogen-bond donors (Lipinski definition) is 11. The van der Waals surface area contributed by atoms with Crippen molar-refractivity contribution in [3.8, 4) is 0 Å². The van der Waals surface area contributed by atoms with Gasteiger partial charge >= 0.3 is 5.97 Å². The smallest absolute Gasteiger partial charge is 0.326 e. The monoisotopic (exact) mass is 740 g/mol. The summed E-state index contributed by atoms with van der Waals surface area (Å²) < 4.78 is 0. The zero-order chi connectivity index (χ0) is 38.5. The Morgan fingerprint density at radius 3 is 1.96 bits per heavy atom. The summed E-state index contributed by atoms with van der Waals surface area (Å²) in [6.45, 7) is 2.55. The van der Waals surface area contributed by atoms with Gasteiger partial charge in [-0.3, -0.25) is 28.8 Å². The molecule has 0 fully saturated rings. The quantitative estimate of drug-likeness (QED) is 0.0601. The summed E-state index contributed by atoms with van der Waals surface area (Å²) in [6.07, 6.45) is -0.419. The summed E-state index contributed by atoms with van der Waals surface area (Å²) in [4.78, 5) is 92.0.